The van der Waals surface area contributed by atoms with E-state index in [9.17, 15) is 5.11 Å². The topological polar surface area (TPSA) is 85.8 Å². The molecule has 0 aliphatic rings. The molecule has 0 bridgehead atoms. The number of hydrogen-bond acceptors (Lipinski definition) is 5. The lowest BCUT2D eigenvalue weighted by atomic mass is 10.0. The molecule has 1 atom stereocenters. The molecule has 1 unspecified atom stereocenters. The van der Waals surface area contributed by atoms with E-state index in [0.717, 1.165) is 0 Å². The lowest BCUT2D eigenvalue weighted by Crippen LogP contribution is -2.13. The van der Waals surface area contributed by atoms with Crippen LogP contribution in [0.15, 0.2) is 29.4 Å². The molecule has 17 heavy (non-hydrogen) atoms. The van der Waals surface area contributed by atoms with Gasteiger partial charge in [-0.2, -0.15) is 5.26 Å². The van der Waals surface area contributed by atoms with Crippen molar-refractivity contribution in [1.29, 1.82) is 5.26 Å². The standard InChI is InChI=1S/C12H14N2O3/c1-17-11-7-3-2-5-9(11)12(15)10(14-16)6-4-8-13/h2-3,5,7,12,15-16H,4,6H2,1H3/b14-10+. The van der Waals surface area contributed by atoms with Gasteiger partial charge in [0.05, 0.1) is 18.9 Å². The summed E-state index contributed by atoms with van der Waals surface area (Å²) in [5, 5.41) is 30.4. The third kappa shape index (κ3) is 3.20. The molecule has 1 aromatic carbocycles. The van der Waals surface area contributed by atoms with E-state index in [1.807, 2.05) is 6.07 Å². The summed E-state index contributed by atoms with van der Waals surface area (Å²) in [4.78, 5) is 0. The van der Waals surface area contributed by atoms with E-state index in [1.54, 1.807) is 24.3 Å². The van der Waals surface area contributed by atoms with Crippen LogP contribution in [-0.2, 0) is 0 Å². The molecule has 2 N–H and O–H groups in total. The highest BCUT2D eigenvalue weighted by molar-refractivity contribution is 5.89. The van der Waals surface area contributed by atoms with Crippen LogP contribution in [0.3, 0.4) is 0 Å². The second kappa shape index (κ2) is 6.51. The van der Waals surface area contributed by atoms with Crippen molar-refractivity contribution >= 4 is 5.71 Å². The lowest BCUT2D eigenvalue weighted by molar-refractivity contribution is 0.226. The van der Waals surface area contributed by atoms with E-state index in [1.165, 1.54) is 7.11 Å². The number of nitriles is 1. The summed E-state index contributed by atoms with van der Waals surface area (Å²) < 4.78 is 5.10. The van der Waals surface area contributed by atoms with Crippen molar-refractivity contribution in [2.24, 2.45) is 5.16 Å². The van der Waals surface area contributed by atoms with Crippen molar-refractivity contribution < 1.29 is 15.1 Å². The maximum atomic E-state index is 10.0. The first-order valence-corrected chi connectivity index (χ1v) is 5.13. The fourth-order valence-electron chi connectivity index (χ4n) is 1.50. The number of methoxy groups -OCH3 is 1. The molecule has 0 aliphatic carbocycles. The van der Waals surface area contributed by atoms with Gasteiger partial charge < -0.3 is 15.1 Å². The fourth-order valence-corrected chi connectivity index (χ4v) is 1.50. The summed E-state index contributed by atoms with van der Waals surface area (Å²) in [5.74, 6) is 0.512. The van der Waals surface area contributed by atoms with Gasteiger partial charge in [-0.1, -0.05) is 23.4 Å². The molecule has 0 heterocycles. The number of rotatable bonds is 5. The molecule has 0 fully saturated rings. The van der Waals surface area contributed by atoms with Gasteiger partial charge in [0.1, 0.15) is 11.9 Å². The van der Waals surface area contributed by atoms with Crippen molar-refractivity contribution in [3.05, 3.63) is 29.8 Å². The molecule has 0 spiro atoms. The van der Waals surface area contributed by atoms with Crippen LogP contribution < -0.4 is 4.74 Å². The average Bonchev–Trinajstić information content (AvgIpc) is 2.39. The zero-order valence-corrected chi connectivity index (χ0v) is 9.50. The first-order chi connectivity index (χ1) is 8.24. The minimum atomic E-state index is -1.07. The normalized spacial score (nSPS) is 12.9. The van der Waals surface area contributed by atoms with Gasteiger partial charge in [0.2, 0.25) is 0 Å². The van der Waals surface area contributed by atoms with E-state index >= 15 is 0 Å². The summed E-state index contributed by atoms with van der Waals surface area (Å²) in [6.45, 7) is 0. The Morgan fingerprint density at radius 1 is 1.53 bits per heavy atom. The van der Waals surface area contributed by atoms with Crippen LogP contribution in [0.2, 0.25) is 0 Å². The summed E-state index contributed by atoms with van der Waals surface area (Å²) in [6, 6.07) is 8.85. The van der Waals surface area contributed by atoms with Crippen molar-refractivity contribution in [3.63, 3.8) is 0 Å². The number of ether oxygens (including phenoxy) is 1. The first-order valence-electron chi connectivity index (χ1n) is 5.13. The van der Waals surface area contributed by atoms with Gasteiger partial charge >= 0.3 is 0 Å². The number of hydrogen-bond donors (Lipinski definition) is 2. The molecule has 5 nitrogen and oxygen atoms in total. The highest BCUT2D eigenvalue weighted by Gasteiger charge is 2.19. The maximum Gasteiger partial charge on any atom is 0.125 e. The largest absolute Gasteiger partial charge is 0.496 e. The van der Waals surface area contributed by atoms with E-state index in [4.69, 9.17) is 15.2 Å². The van der Waals surface area contributed by atoms with Gasteiger partial charge in [0, 0.05) is 18.4 Å². The molecular weight excluding hydrogens is 220 g/mol. The zero-order chi connectivity index (χ0) is 12.7. The van der Waals surface area contributed by atoms with Crippen molar-refractivity contribution in [3.8, 4) is 11.8 Å². The van der Waals surface area contributed by atoms with Crippen molar-refractivity contribution in [2.75, 3.05) is 7.11 Å². The molecule has 1 aromatic rings. The molecular formula is C12H14N2O3. The van der Waals surface area contributed by atoms with E-state index in [-0.39, 0.29) is 18.6 Å². The quantitative estimate of drug-likeness (QED) is 0.462. The van der Waals surface area contributed by atoms with E-state index < -0.39 is 6.10 Å². The number of nitrogens with zero attached hydrogens (tertiary/aromatic N) is 2. The van der Waals surface area contributed by atoms with Gasteiger partial charge in [-0.25, -0.2) is 0 Å². The molecule has 0 aliphatic heterocycles. The molecule has 90 valence electrons. The molecule has 5 heteroatoms. The van der Waals surface area contributed by atoms with Crippen LogP contribution in [0.25, 0.3) is 0 Å². The highest BCUT2D eigenvalue weighted by Crippen LogP contribution is 2.26. The SMILES string of the molecule is COc1ccccc1C(O)/C(CCC#N)=N/O. The average molecular weight is 234 g/mol. The molecule has 0 saturated heterocycles. The summed E-state index contributed by atoms with van der Waals surface area (Å²) in [7, 11) is 1.50. The Morgan fingerprint density at radius 3 is 2.82 bits per heavy atom. The third-order valence-corrected chi connectivity index (χ3v) is 2.37. The molecule has 0 radical (unpaired) electrons. The Balaban J connectivity index is 2.94. The number of aliphatic hydroxyl groups excluding tert-OH is 1. The minimum absolute atomic E-state index is 0.149. The Morgan fingerprint density at radius 2 is 2.24 bits per heavy atom. The Hall–Kier alpha value is -2.06. The predicted molar refractivity (Wildman–Crippen MR) is 62.0 cm³/mol. The predicted octanol–water partition coefficient (Wildman–Crippen LogP) is 1.86. The summed E-state index contributed by atoms with van der Waals surface area (Å²) >= 11 is 0. The van der Waals surface area contributed by atoms with Crippen molar-refractivity contribution in [2.45, 2.75) is 18.9 Å². The van der Waals surface area contributed by atoms with Crippen LogP contribution in [0, 0.1) is 11.3 Å². The monoisotopic (exact) mass is 234 g/mol. The fraction of sp³-hybridized carbons (Fsp3) is 0.333. The van der Waals surface area contributed by atoms with Crippen LogP contribution in [0.1, 0.15) is 24.5 Å². The lowest BCUT2D eigenvalue weighted by Gasteiger charge is -2.15. The van der Waals surface area contributed by atoms with Gasteiger partial charge in [-0.3, -0.25) is 0 Å². The number of para-hydroxylation sites is 1. The van der Waals surface area contributed by atoms with Crippen molar-refractivity contribution in [1.82, 2.24) is 0 Å². The zero-order valence-electron chi connectivity index (χ0n) is 9.50. The second-order valence-electron chi connectivity index (χ2n) is 3.39. The highest BCUT2D eigenvalue weighted by atomic mass is 16.5. The maximum absolute atomic E-state index is 10.0. The van der Waals surface area contributed by atoms with Crippen LogP contribution in [0.5, 0.6) is 5.75 Å². The smallest absolute Gasteiger partial charge is 0.125 e. The molecule has 1 rings (SSSR count). The van der Waals surface area contributed by atoms with Crippen LogP contribution in [0.4, 0.5) is 0 Å². The minimum Gasteiger partial charge on any atom is -0.496 e. The van der Waals surface area contributed by atoms with Gasteiger partial charge in [0.25, 0.3) is 0 Å². The Labute approximate surface area is 99.6 Å². The molecule has 0 aromatic heterocycles. The van der Waals surface area contributed by atoms with Crippen LogP contribution in [-0.4, -0.2) is 23.1 Å². The second-order valence-corrected chi connectivity index (χ2v) is 3.39. The van der Waals surface area contributed by atoms with Gasteiger partial charge in [-0.05, 0) is 6.07 Å². The number of aliphatic hydroxyl groups is 1. The molecule has 0 amide bonds. The van der Waals surface area contributed by atoms with Gasteiger partial charge in [-0.15, -0.1) is 0 Å². The van der Waals surface area contributed by atoms with E-state index in [0.29, 0.717) is 11.3 Å². The third-order valence-electron chi connectivity index (χ3n) is 2.37. The Bertz CT molecular complexity index is 438. The van der Waals surface area contributed by atoms with Gasteiger partial charge in [0.15, 0.2) is 0 Å². The number of oxime groups is 1. The molecule has 0 saturated carbocycles. The number of benzene rings is 1. The van der Waals surface area contributed by atoms with Crippen LogP contribution >= 0.6 is 0 Å². The summed E-state index contributed by atoms with van der Waals surface area (Å²) in [5.41, 5.74) is 0.664. The summed E-state index contributed by atoms with van der Waals surface area (Å²) in [6.07, 6.45) is -0.665. The first kappa shape index (κ1) is 13.0. The van der Waals surface area contributed by atoms with E-state index in [2.05, 4.69) is 5.16 Å². The Kier molecular flexibility index (Phi) is 4.98.